The summed E-state index contributed by atoms with van der Waals surface area (Å²) in [7, 11) is 0. The monoisotopic (exact) mass is 322 g/mol. The smallest absolute Gasteiger partial charge is 0.222 e. The summed E-state index contributed by atoms with van der Waals surface area (Å²) in [5, 5.41) is 0. The minimum Gasteiger partial charge on any atom is -0.341 e. The summed E-state index contributed by atoms with van der Waals surface area (Å²) < 4.78 is 0. The quantitative estimate of drug-likeness (QED) is 0.888. The van der Waals surface area contributed by atoms with Gasteiger partial charge in [0.05, 0.1) is 0 Å². The van der Waals surface area contributed by atoms with Crippen molar-refractivity contribution < 1.29 is 4.79 Å². The van der Waals surface area contributed by atoms with E-state index in [2.05, 4.69) is 48.5 Å². The van der Waals surface area contributed by atoms with Crippen molar-refractivity contribution >= 4 is 5.91 Å². The molecule has 126 valence electrons. The van der Waals surface area contributed by atoms with Crippen molar-refractivity contribution in [3.8, 4) is 0 Å². The van der Waals surface area contributed by atoms with E-state index in [0.717, 1.165) is 25.8 Å². The fraction of sp³-hybridized carbons (Fsp3) is 0.381. The van der Waals surface area contributed by atoms with Gasteiger partial charge in [-0.25, -0.2) is 0 Å². The zero-order valence-corrected chi connectivity index (χ0v) is 14.1. The van der Waals surface area contributed by atoms with Crippen LogP contribution in [0.4, 0.5) is 0 Å². The number of carbonyl (C=O) groups excluding carboxylic acids is 1. The van der Waals surface area contributed by atoms with Crippen LogP contribution in [0, 0.1) is 5.92 Å². The average molecular weight is 322 g/mol. The van der Waals surface area contributed by atoms with Crippen molar-refractivity contribution in [1.29, 1.82) is 0 Å². The first-order chi connectivity index (χ1) is 11.7. The predicted octanol–water partition coefficient (Wildman–Crippen LogP) is 3.04. The standard InChI is InChI=1S/C21H26N2O/c22-20-11-12-23(16-20)21(24)15-19(13-17-7-3-1-4-8-17)14-18-9-5-2-6-10-18/h1-10,19-20H,11-16,22H2/t20-/m1/s1. The van der Waals surface area contributed by atoms with Gasteiger partial charge in [0.25, 0.3) is 0 Å². The van der Waals surface area contributed by atoms with Gasteiger partial charge in [0.15, 0.2) is 0 Å². The number of nitrogens with zero attached hydrogens (tertiary/aromatic N) is 1. The molecule has 2 aromatic rings. The van der Waals surface area contributed by atoms with E-state index >= 15 is 0 Å². The number of carbonyl (C=O) groups is 1. The van der Waals surface area contributed by atoms with E-state index in [1.54, 1.807) is 0 Å². The first-order valence-corrected chi connectivity index (χ1v) is 8.82. The van der Waals surface area contributed by atoms with E-state index in [1.165, 1.54) is 11.1 Å². The maximum atomic E-state index is 12.7. The second kappa shape index (κ2) is 8.11. The van der Waals surface area contributed by atoms with E-state index in [1.807, 2.05) is 17.0 Å². The third kappa shape index (κ3) is 4.68. The number of nitrogens with two attached hydrogens (primary N) is 1. The molecule has 0 saturated carbocycles. The molecule has 1 amide bonds. The lowest BCUT2D eigenvalue weighted by Crippen LogP contribution is -2.33. The Labute approximate surface area is 144 Å². The summed E-state index contributed by atoms with van der Waals surface area (Å²) in [6.45, 7) is 1.52. The van der Waals surface area contributed by atoms with Crippen molar-refractivity contribution in [2.45, 2.75) is 31.7 Å². The topological polar surface area (TPSA) is 46.3 Å². The van der Waals surface area contributed by atoms with E-state index in [9.17, 15) is 4.79 Å². The molecule has 0 aliphatic carbocycles. The third-order valence-electron chi connectivity index (χ3n) is 4.78. The van der Waals surface area contributed by atoms with Crippen LogP contribution in [0.1, 0.15) is 24.0 Å². The number of hydrogen-bond acceptors (Lipinski definition) is 2. The van der Waals surface area contributed by atoms with Gasteiger partial charge in [-0.15, -0.1) is 0 Å². The van der Waals surface area contributed by atoms with Crippen LogP contribution in [0.3, 0.4) is 0 Å². The molecular formula is C21H26N2O. The first-order valence-electron chi connectivity index (χ1n) is 8.82. The molecule has 1 heterocycles. The molecule has 1 atom stereocenters. The molecule has 0 spiro atoms. The fourth-order valence-electron chi connectivity index (χ4n) is 3.50. The van der Waals surface area contributed by atoms with Gasteiger partial charge in [-0.1, -0.05) is 60.7 Å². The number of hydrogen-bond donors (Lipinski definition) is 1. The van der Waals surface area contributed by atoms with Crippen LogP contribution in [-0.2, 0) is 17.6 Å². The minimum absolute atomic E-state index is 0.149. The highest BCUT2D eigenvalue weighted by molar-refractivity contribution is 5.76. The Bertz CT molecular complexity index is 600. The molecule has 0 unspecified atom stereocenters. The fourth-order valence-corrected chi connectivity index (χ4v) is 3.50. The van der Waals surface area contributed by atoms with Crippen molar-refractivity contribution in [3.05, 3.63) is 71.8 Å². The Morgan fingerprint density at radius 3 is 2.00 bits per heavy atom. The molecule has 1 fully saturated rings. The van der Waals surface area contributed by atoms with Crippen LogP contribution in [0.15, 0.2) is 60.7 Å². The van der Waals surface area contributed by atoms with Gasteiger partial charge < -0.3 is 10.6 Å². The number of rotatable bonds is 6. The maximum Gasteiger partial charge on any atom is 0.222 e. The van der Waals surface area contributed by atoms with E-state index in [0.29, 0.717) is 18.9 Å². The van der Waals surface area contributed by atoms with Crippen LogP contribution in [0.5, 0.6) is 0 Å². The van der Waals surface area contributed by atoms with Gasteiger partial charge in [0, 0.05) is 25.6 Å². The van der Waals surface area contributed by atoms with Crippen LogP contribution >= 0.6 is 0 Å². The third-order valence-corrected chi connectivity index (χ3v) is 4.78. The number of benzene rings is 2. The van der Waals surface area contributed by atoms with Crippen LogP contribution in [0.2, 0.25) is 0 Å². The second-order valence-electron chi connectivity index (χ2n) is 6.84. The molecule has 3 rings (SSSR count). The highest BCUT2D eigenvalue weighted by atomic mass is 16.2. The first kappa shape index (κ1) is 16.7. The molecule has 2 aromatic carbocycles. The van der Waals surface area contributed by atoms with Crippen LogP contribution in [0.25, 0.3) is 0 Å². The molecule has 0 bridgehead atoms. The second-order valence-corrected chi connectivity index (χ2v) is 6.84. The van der Waals surface area contributed by atoms with Gasteiger partial charge in [0.1, 0.15) is 0 Å². The van der Waals surface area contributed by atoms with Crippen LogP contribution < -0.4 is 5.73 Å². The summed E-state index contributed by atoms with van der Waals surface area (Å²) in [6, 6.07) is 21.1. The normalized spacial score (nSPS) is 17.4. The highest BCUT2D eigenvalue weighted by Crippen LogP contribution is 2.20. The van der Waals surface area contributed by atoms with Crippen molar-refractivity contribution in [2.75, 3.05) is 13.1 Å². The zero-order valence-electron chi connectivity index (χ0n) is 14.1. The van der Waals surface area contributed by atoms with Gasteiger partial charge in [-0.2, -0.15) is 0 Å². The van der Waals surface area contributed by atoms with Gasteiger partial charge in [-0.3, -0.25) is 4.79 Å². The van der Waals surface area contributed by atoms with Crippen molar-refractivity contribution in [2.24, 2.45) is 11.7 Å². The molecule has 24 heavy (non-hydrogen) atoms. The highest BCUT2D eigenvalue weighted by Gasteiger charge is 2.25. The van der Waals surface area contributed by atoms with E-state index in [4.69, 9.17) is 5.73 Å². The molecule has 0 radical (unpaired) electrons. The van der Waals surface area contributed by atoms with E-state index < -0.39 is 0 Å². The summed E-state index contributed by atoms with van der Waals surface area (Å²) in [5.41, 5.74) is 8.54. The predicted molar refractivity (Wildman–Crippen MR) is 97.6 cm³/mol. The molecule has 3 heteroatoms. The summed E-state index contributed by atoms with van der Waals surface area (Å²) in [4.78, 5) is 14.6. The van der Waals surface area contributed by atoms with E-state index in [-0.39, 0.29) is 11.9 Å². The number of likely N-dealkylation sites (tertiary alicyclic amines) is 1. The Balaban J connectivity index is 1.68. The minimum atomic E-state index is 0.149. The lowest BCUT2D eigenvalue weighted by Gasteiger charge is -2.21. The lowest BCUT2D eigenvalue weighted by atomic mass is 9.89. The van der Waals surface area contributed by atoms with Gasteiger partial charge >= 0.3 is 0 Å². The van der Waals surface area contributed by atoms with Crippen molar-refractivity contribution in [3.63, 3.8) is 0 Å². The molecule has 1 aliphatic rings. The van der Waals surface area contributed by atoms with Crippen molar-refractivity contribution in [1.82, 2.24) is 4.90 Å². The molecule has 0 aromatic heterocycles. The maximum absolute atomic E-state index is 12.7. The molecular weight excluding hydrogens is 296 g/mol. The molecule has 3 nitrogen and oxygen atoms in total. The Morgan fingerprint density at radius 1 is 1.00 bits per heavy atom. The zero-order chi connectivity index (χ0) is 16.8. The Kier molecular flexibility index (Phi) is 5.65. The molecule has 1 saturated heterocycles. The summed E-state index contributed by atoms with van der Waals surface area (Å²) in [6.07, 6.45) is 3.38. The SMILES string of the molecule is N[C@@H]1CCN(C(=O)CC(Cc2ccccc2)Cc2ccccc2)C1. The Morgan fingerprint density at radius 2 is 1.54 bits per heavy atom. The summed E-state index contributed by atoms with van der Waals surface area (Å²) >= 11 is 0. The largest absolute Gasteiger partial charge is 0.341 e. The lowest BCUT2D eigenvalue weighted by molar-refractivity contribution is -0.131. The molecule has 1 aliphatic heterocycles. The van der Waals surface area contributed by atoms with Crippen LogP contribution in [-0.4, -0.2) is 29.9 Å². The van der Waals surface area contributed by atoms with Gasteiger partial charge in [0.2, 0.25) is 5.91 Å². The van der Waals surface area contributed by atoms with Gasteiger partial charge in [-0.05, 0) is 36.3 Å². The Hall–Kier alpha value is -2.13. The number of amides is 1. The summed E-state index contributed by atoms with van der Waals surface area (Å²) in [5.74, 6) is 0.568. The molecule has 2 N–H and O–H groups in total. The average Bonchev–Trinajstić information content (AvgIpc) is 3.03.